The second kappa shape index (κ2) is 4.94. The number of thioether (sulfide) groups is 1. The van der Waals surface area contributed by atoms with E-state index in [0.717, 1.165) is 16.1 Å². The molecule has 0 aliphatic carbocycles. The summed E-state index contributed by atoms with van der Waals surface area (Å²) in [5.74, 6) is 0.457. The van der Waals surface area contributed by atoms with Crippen LogP contribution in [0.25, 0.3) is 0 Å². The maximum absolute atomic E-state index is 12.2. The molecule has 1 aliphatic rings. The van der Waals surface area contributed by atoms with Gasteiger partial charge in [-0.25, -0.2) is 22.8 Å². The van der Waals surface area contributed by atoms with Gasteiger partial charge in [-0.2, -0.15) is 0 Å². The van der Waals surface area contributed by atoms with Crippen molar-refractivity contribution < 1.29 is 13.5 Å². The predicted octanol–water partition coefficient (Wildman–Crippen LogP) is 0.972. The topological polar surface area (TPSA) is 92.9 Å². The van der Waals surface area contributed by atoms with Gasteiger partial charge in [-0.1, -0.05) is 30.0 Å². The quantitative estimate of drug-likeness (QED) is 0.610. The number of hydrazone groups is 1. The summed E-state index contributed by atoms with van der Waals surface area (Å²) < 4.78 is 25.4. The third-order valence-corrected chi connectivity index (χ3v) is 5.10. The Kier molecular flexibility index (Phi) is 3.53. The maximum Gasteiger partial charge on any atom is 0.266 e. The molecule has 18 heavy (non-hydrogen) atoms. The van der Waals surface area contributed by atoms with Crippen molar-refractivity contribution >= 4 is 27.0 Å². The maximum atomic E-state index is 12.2. The third-order valence-electron chi connectivity index (χ3n) is 2.24. The highest BCUT2D eigenvalue weighted by Crippen LogP contribution is 2.25. The molecular formula is C9H9N3O4S2. The fourth-order valence-electron chi connectivity index (χ4n) is 1.48. The largest absolute Gasteiger partial charge is 0.266 e. The van der Waals surface area contributed by atoms with Gasteiger partial charge in [0.15, 0.2) is 5.03 Å². The molecule has 1 saturated heterocycles. The second-order valence-corrected chi connectivity index (χ2v) is 6.28. The predicted molar refractivity (Wildman–Crippen MR) is 67.2 cm³/mol. The lowest BCUT2D eigenvalue weighted by molar-refractivity contribution is -0.485. The van der Waals surface area contributed by atoms with Gasteiger partial charge in [-0.05, 0) is 12.1 Å². The lowest BCUT2D eigenvalue weighted by atomic mass is 10.4. The molecule has 0 saturated carbocycles. The first-order valence-corrected chi connectivity index (χ1v) is 7.38. The summed E-state index contributed by atoms with van der Waals surface area (Å²) in [4.78, 5) is 10.4. The molecule has 2 rings (SSSR count). The molecule has 1 aromatic carbocycles. The van der Waals surface area contributed by atoms with Gasteiger partial charge in [0.05, 0.1) is 10.00 Å². The molecule has 7 nitrogen and oxygen atoms in total. The lowest BCUT2D eigenvalue weighted by Crippen LogP contribution is -2.32. The number of sulfonamides is 1. The Morgan fingerprint density at radius 1 is 1.33 bits per heavy atom. The Morgan fingerprint density at radius 2 is 2.00 bits per heavy atom. The second-order valence-electron chi connectivity index (χ2n) is 3.36. The fourth-order valence-corrected chi connectivity index (χ4v) is 4.19. The van der Waals surface area contributed by atoms with Gasteiger partial charge in [0, 0.05) is 12.3 Å². The van der Waals surface area contributed by atoms with E-state index in [4.69, 9.17) is 0 Å². The van der Waals surface area contributed by atoms with Crippen LogP contribution in [0.1, 0.15) is 0 Å². The van der Waals surface area contributed by atoms with Gasteiger partial charge < -0.3 is 0 Å². The highest BCUT2D eigenvalue weighted by atomic mass is 32.2. The summed E-state index contributed by atoms with van der Waals surface area (Å²) in [5.41, 5.74) is 0. The van der Waals surface area contributed by atoms with Gasteiger partial charge >= 0.3 is 0 Å². The minimum absolute atomic E-state index is 0.0937. The summed E-state index contributed by atoms with van der Waals surface area (Å²) in [6.45, 7) is 0.189. The highest BCUT2D eigenvalue weighted by molar-refractivity contribution is 8.15. The number of hydrogen-bond acceptors (Lipinski definition) is 5. The SMILES string of the molecule is O=[N+]([O-])N=C1SCCN1S(=O)(=O)c1ccccc1. The molecule has 96 valence electrons. The molecule has 0 amide bonds. The average molecular weight is 287 g/mol. The van der Waals surface area contributed by atoms with Crippen LogP contribution in [0.15, 0.2) is 40.3 Å². The molecular weight excluding hydrogens is 278 g/mol. The van der Waals surface area contributed by atoms with E-state index in [-0.39, 0.29) is 16.6 Å². The standard InChI is InChI=1S/C9H9N3O4S2/c13-12(14)10-9-11(6-7-17-9)18(15,16)8-4-2-1-3-5-8/h1-5H,6-7H2. The summed E-state index contributed by atoms with van der Waals surface area (Å²) in [6.07, 6.45) is 0. The van der Waals surface area contributed by atoms with Crippen molar-refractivity contribution in [3.05, 3.63) is 40.4 Å². The van der Waals surface area contributed by atoms with Crippen molar-refractivity contribution in [2.24, 2.45) is 5.10 Å². The molecule has 1 aromatic rings. The van der Waals surface area contributed by atoms with Crippen LogP contribution in [0.4, 0.5) is 0 Å². The third kappa shape index (κ3) is 2.46. The van der Waals surface area contributed by atoms with Crippen LogP contribution in [-0.2, 0) is 10.0 Å². The van der Waals surface area contributed by atoms with Crippen LogP contribution < -0.4 is 0 Å². The van der Waals surface area contributed by atoms with Crippen LogP contribution in [0, 0.1) is 10.1 Å². The molecule has 1 aliphatic heterocycles. The minimum Gasteiger partial charge on any atom is -0.238 e. The zero-order chi connectivity index (χ0) is 13.2. The van der Waals surface area contributed by atoms with E-state index in [1.54, 1.807) is 18.2 Å². The number of amidine groups is 1. The first kappa shape index (κ1) is 12.8. The molecule has 0 atom stereocenters. The molecule has 0 aromatic heterocycles. The zero-order valence-corrected chi connectivity index (χ0v) is 10.7. The number of benzene rings is 1. The molecule has 1 heterocycles. The van der Waals surface area contributed by atoms with Gasteiger partial charge in [-0.15, -0.1) is 0 Å². The first-order chi connectivity index (χ1) is 8.51. The van der Waals surface area contributed by atoms with E-state index in [0.29, 0.717) is 5.75 Å². The van der Waals surface area contributed by atoms with Gasteiger partial charge in [-0.3, -0.25) is 0 Å². The monoisotopic (exact) mass is 287 g/mol. The van der Waals surface area contributed by atoms with Crippen LogP contribution >= 0.6 is 11.8 Å². The van der Waals surface area contributed by atoms with E-state index in [1.807, 2.05) is 0 Å². The van der Waals surface area contributed by atoms with E-state index >= 15 is 0 Å². The molecule has 9 heteroatoms. The summed E-state index contributed by atoms with van der Waals surface area (Å²) in [6, 6.07) is 7.79. The van der Waals surface area contributed by atoms with Gasteiger partial charge in [0.1, 0.15) is 0 Å². The van der Waals surface area contributed by atoms with Crippen molar-refractivity contribution in [3.63, 3.8) is 0 Å². The van der Waals surface area contributed by atoms with Crippen molar-refractivity contribution in [3.8, 4) is 0 Å². The number of nitrogens with zero attached hydrogens (tertiary/aromatic N) is 3. The van der Waals surface area contributed by atoms with Crippen molar-refractivity contribution in [2.45, 2.75) is 4.90 Å². The lowest BCUT2D eigenvalue weighted by Gasteiger charge is -2.15. The summed E-state index contributed by atoms with van der Waals surface area (Å²) >= 11 is 1.06. The van der Waals surface area contributed by atoms with E-state index in [9.17, 15) is 18.5 Å². The number of hydrogen-bond donors (Lipinski definition) is 0. The van der Waals surface area contributed by atoms with Crippen LogP contribution in [0.2, 0.25) is 0 Å². The molecule has 0 radical (unpaired) electrons. The van der Waals surface area contributed by atoms with E-state index in [1.165, 1.54) is 12.1 Å². The first-order valence-electron chi connectivity index (χ1n) is 4.95. The smallest absolute Gasteiger partial charge is 0.238 e. The molecule has 0 N–H and O–H groups in total. The summed E-state index contributed by atoms with van der Waals surface area (Å²) in [5, 5.41) is 12.5. The Morgan fingerprint density at radius 3 is 2.61 bits per heavy atom. The van der Waals surface area contributed by atoms with Crippen molar-refractivity contribution in [1.29, 1.82) is 0 Å². The van der Waals surface area contributed by atoms with Crippen molar-refractivity contribution in [1.82, 2.24) is 4.31 Å². The van der Waals surface area contributed by atoms with Crippen LogP contribution in [-0.4, -0.2) is 35.2 Å². The van der Waals surface area contributed by atoms with Crippen molar-refractivity contribution in [2.75, 3.05) is 12.3 Å². The van der Waals surface area contributed by atoms with Gasteiger partial charge in [0.25, 0.3) is 15.2 Å². The Hall–Kier alpha value is -1.61. The van der Waals surface area contributed by atoms with E-state index in [2.05, 4.69) is 5.10 Å². The van der Waals surface area contributed by atoms with E-state index < -0.39 is 15.1 Å². The molecule has 0 bridgehead atoms. The Bertz CT molecular complexity index is 585. The summed E-state index contributed by atoms with van der Waals surface area (Å²) in [7, 11) is -3.76. The molecule has 0 spiro atoms. The Balaban J connectivity index is 2.39. The Labute approximate surface area is 108 Å². The number of rotatable bonds is 3. The van der Waals surface area contributed by atoms with Crippen LogP contribution in [0.5, 0.6) is 0 Å². The normalized spacial score (nSPS) is 18.2. The zero-order valence-electron chi connectivity index (χ0n) is 9.09. The van der Waals surface area contributed by atoms with Crippen LogP contribution in [0.3, 0.4) is 0 Å². The number of nitro groups is 1. The van der Waals surface area contributed by atoms with Gasteiger partial charge in [0.2, 0.25) is 0 Å². The fraction of sp³-hybridized carbons (Fsp3) is 0.222. The minimum atomic E-state index is -3.76. The molecule has 0 unspecified atom stereocenters. The average Bonchev–Trinajstić information content (AvgIpc) is 2.78. The highest BCUT2D eigenvalue weighted by Gasteiger charge is 2.34. The molecule has 1 fully saturated rings.